The summed E-state index contributed by atoms with van der Waals surface area (Å²) in [7, 11) is 0. The molecule has 0 saturated heterocycles. The summed E-state index contributed by atoms with van der Waals surface area (Å²) in [5, 5.41) is 2.84. The van der Waals surface area contributed by atoms with Gasteiger partial charge in [-0.15, -0.1) is 0 Å². The Labute approximate surface area is 126 Å². The summed E-state index contributed by atoms with van der Waals surface area (Å²) in [5.41, 5.74) is 2.15. The molecule has 2 nitrogen and oxygen atoms in total. The molecule has 0 aliphatic carbocycles. The zero-order valence-electron chi connectivity index (χ0n) is 12.2. The van der Waals surface area contributed by atoms with Gasteiger partial charge in [0.15, 0.2) is 0 Å². The number of hydrogen-bond donors (Lipinski definition) is 1. The fraction of sp³-hybridized carbons (Fsp3) is 0.211. The average molecular weight is 277 g/mol. The third-order valence-electron chi connectivity index (χ3n) is 3.24. The normalized spacial score (nSPS) is 11.1. The van der Waals surface area contributed by atoms with E-state index in [0.717, 1.165) is 5.56 Å². The second-order valence-corrected chi connectivity index (χ2v) is 4.96. The van der Waals surface area contributed by atoms with Gasteiger partial charge >= 0.3 is 0 Å². The maximum absolute atomic E-state index is 11.9. The largest absolute Gasteiger partial charge is 0.345 e. The van der Waals surface area contributed by atoms with E-state index in [0.29, 0.717) is 13.0 Å². The minimum atomic E-state index is 0.0358. The lowest BCUT2D eigenvalue weighted by atomic mass is 9.98. The van der Waals surface area contributed by atoms with Crippen molar-refractivity contribution in [1.29, 1.82) is 0 Å². The highest BCUT2D eigenvalue weighted by Crippen LogP contribution is 2.17. The van der Waals surface area contributed by atoms with E-state index in [-0.39, 0.29) is 11.8 Å². The molecule has 21 heavy (non-hydrogen) atoms. The second kappa shape index (κ2) is 7.91. The van der Waals surface area contributed by atoms with E-state index in [2.05, 4.69) is 24.1 Å². The Balaban J connectivity index is 1.77. The van der Waals surface area contributed by atoms with Crippen LogP contribution < -0.4 is 5.32 Å². The van der Waals surface area contributed by atoms with E-state index < -0.39 is 0 Å². The van der Waals surface area contributed by atoms with Gasteiger partial charge in [0.1, 0.15) is 0 Å². The maximum Gasteiger partial charge on any atom is 0.221 e. The van der Waals surface area contributed by atoms with Crippen molar-refractivity contribution >= 4 is 5.91 Å². The van der Waals surface area contributed by atoms with Crippen molar-refractivity contribution in [3.8, 4) is 11.8 Å². The fourth-order valence-corrected chi connectivity index (χ4v) is 2.06. The molecule has 0 spiro atoms. The van der Waals surface area contributed by atoms with Crippen molar-refractivity contribution in [2.75, 3.05) is 6.54 Å². The lowest BCUT2D eigenvalue weighted by Crippen LogP contribution is -2.24. The van der Waals surface area contributed by atoms with E-state index >= 15 is 0 Å². The first-order chi connectivity index (χ1) is 10.3. The third-order valence-corrected chi connectivity index (χ3v) is 3.24. The van der Waals surface area contributed by atoms with Crippen LogP contribution in [0.4, 0.5) is 0 Å². The Bertz CT molecular complexity index is 623. The van der Waals surface area contributed by atoms with E-state index in [1.54, 1.807) is 0 Å². The lowest BCUT2D eigenvalue weighted by molar-refractivity contribution is -0.121. The lowest BCUT2D eigenvalue weighted by Gasteiger charge is -2.10. The van der Waals surface area contributed by atoms with E-state index in [1.807, 2.05) is 60.7 Å². The van der Waals surface area contributed by atoms with Crippen molar-refractivity contribution in [1.82, 2.24) is 5.32 Å². The zero-order chi connectivity index (χ0) is 14.9. The summed E-state index contributed by atoms with van der Waals surface area (Å²) < 4.78 is 0. The number of hydrogen-bond acceptors (Lipinski definition) is 1. The van der Waals surface area contributed by atoms with Crippen LogP contribution in [0, 0.1) is 11.8 Å². The second-order valence-electron chi connectivity index (χ2n) is 4.96. The highest BCUT2D eigenvalue weighted by molar-refractivity contribution is 5.77. The van der Waals surface area contributed by atoms with E-state index in [4.69, 9.17) is 0 Å². The summed E-state index contributed by atoms with van der Waals surface area (Å²) in [6, 6.07) is 19.8. The molecule has 0 heterocycles. The first-order valence-electron chi connectivity index (χ1n) is 7.11. The highest BCUT2D eigenvalue weighted by atomic mass is 16.1. The molecule has 0 aliphatic rings. The van der Waals surface area contributed by atoms with Gasteiger partial charge in [0.05, 0.1) is 6.54 Å². The quantitative estimate of drug-likeness (QED) is 0.853. The van der Waals surface area contributed by atoms with Gasteiger partial charge in [-0.3, -0.25) is 4.79 Å². The third kappa shape index (κ3) is 5.16. The first kappa shape index (κ1) is 14.9. The van der Waals surface area contributed by atoms with Gasteiger partial charge in [-0.05, 0) is 23.6 Å². The van der Waals surface area contributed by atoms with E-state index in [9.17, 15) is 4.79 Å². The molecule has 2 aromatic rings. The molecule has 0 aromatic heterocycles. The predicted molar refractivity (Wildman–Crippen MR) is 85.8 cm³/mol. The summed E-state index contributed by atoms with van der Waals surface area (Å²) >= 11 is 0. The number of benzene rings is 2. The van der Waals surface area contributed by atoms with Crippen LogP contribution in [0.1, 0.15) is 30.4 Å². The van der Waals surface area contributed by atoms with Gasteiger partial charge in [0.25, 0.3) is 0 Å². The topological polar surface area (TPSA) is 29.1 Å². The van der Waals surface area contributed by atoms with Gasteiger partial charge in [-0.1, -0.05) is 67.3 Å². The number of carbonyl (C=O) groups excluding carboxylic acids is 1. The van der Waals surface area contributed by atoms with Gasteiger partial charge in [-0.25, -0.2) is 0 Å². The fourth-order valence-electron chi connectivity index (χ4n) is 2.06. The maximum atomic E-state index is 11.9. The molecule has 1 unspecified atom stereocenters. The minimum Gasteiger partial charge on any atom is -0.345 e. The molecule has 2 aromatic carbocycles. The molecule has 1 atom stereocenters. The van der Waals surface area contributed by atoms with Crippen LogP contribution in [0.2, 0.25) is 0 Å². The van der Waals surface area contributed by atoms with Crippen LogP contribution >= 0.6 is 0 Å². The van der Waals surface area contributed by atoms with Crippen LogP contribution in [-0.2, 0) is 4.79 Å². The van der Waals surface area contributed by atoms with Crippen LogP contribution in [-0.4, -0.2) is 12.5 Å². The van der Waals surface area contributed by atoms with Gasteiger partial charge in [0, 0.05) is 12.0 Å². The molecule has 2 heteroatoms. The molecule has 0 bridgehead atoms. The first-order valence-corrected chi connectivity index (χ1v) is 7.11. The van der Waals surface area contributed by atoms with Crippen molar-refractivity contribution in [2.24, 2.45) is 0 Å². The molecule has 0 aliphatic heterocycles. The Morgan fingerprint density at radius 1 is 1.05 bits per heavy atom. The minimum absolute atomic E-state index is 0.0358. The molecular weight excluding hydrogens is 258 g/mol. The molecule has 0 radical (unpaired) electrons. The van der Waals surface area contributed by atoms with E-state index in [1.165, 1.54) is 5.56 Å². The number of carbonyl (C=O) groups is 1. The van der Waals surface area contributed by atoms with Crippen LogP contribution in [0.3, 0.4) is 0 Å². The predicted octanol–water partition coefficient (Wildman–Crippen LogP) is 3.35. The van der Waals surface area contributed by atoms with Crippen LogP contribution in [0.5, 0.6) is 0 Å². The number of amides is 1. The SMILES string of the molecule is CC(CC(=O)NCC#Cc1ccccc1)c1ccccc1. The van der Waals surface area contributed by atoms with Crippen molar-refractivity contribution in [3.05, 3.63) is 71.8 Å². The summed E-state index contributed by atoms with van der Waals surface area (Å²) in [6.07, 6.45) is 0.483. The molecule has 106 valence electrons. The summed E-state index contributed by atoms with van der Waals surface area (Å²) in [6.45, 7) is 2.44. The standard InChI is InChI=1S/C19H19NO/c1-16(18-12-6-3-7-13-18)15-19(21)20-14-8-11-17-9-4-2-5-10-17/h2-7,9-10,12-13,16H,14-15H2,1H3,(H,20,21). The van der Waals surface area contributed by atoms with Crippen molar-refractivity contribution < 1.29 is 4.79 Å². The zero-order valence-corrected chi connectivity index (χ0v) is 12.2. The molecule has 2 rings (SSSR count). The number of nitrogens with one attached hydrogen (secondary N) is 1. The molecule has 1 N–H and O–H groups in total. The van der Waals surface area contributed by atoms with Crippen LogP contribution in [0.25, 0.3) is 0 Å². The monoisotopic (exact) mass is 277 g/mol. The van der Waals surface area contributed by atoms with Gasteiger partial charge < -0.3 is 5.32 Å². The Morgan fingerprint density at radius 3 is 2.33 bits per heavy atom. The molecule has 1 amide bonds. The van der Waals surface area contributed by atoms with Gasteiger partial charge in [0.2, 0.25) is 5.91 Å². The number of rotatable bonds is 4. The summed E-state index contributed by atoms with van der Waals surface area (Å²) in [4.78, 5) is 11.9. The van der Waals surface area contributed by atoms with Crippen LogP contribution in [0.15, 0.2) is 60.7 Å². The highest BCUT2D eigenvalue weighted by Gasteiger charge is 2.09. The van der Waals surface area contributed by atoms with Crippen molar-refractivity contribution in [3.63, 3.8) is 0 Å². The van der Waals surface area contributed by atoms with Gasteiger partial charge in [-0.2, -0.15) is 0 Å². The Morgan fingerprint density at radius 2 is 1.67 bits per heavy atom. The summed E-state index contributed by atoms with van der Waals surface area (Å²) in [5.74, 6) is 6.24. The smallest absolute Gasteiger partial charge is 0.221 e. The molecular formula is C19H19NO. The molecule has 0 saturated carbocycles. The molecule has 0 fully saturated rings. The Kier molecular flexibility index (Phi) is 5.60. The Hall–Kier alpha value is -2.53. The average Bonchev–Trinajstić information content (AvgIpc) is 2.53. The van der Waals surface area contributed by atoms with Crippen molar-refractivity contribution in [2.45, 2.75) is 19.3 Å².